The number of aliphatic hydroxyl groups excluding tert-OH is 1. The second-order valence-electron chi connectivity index (χ2n) is 10.8. The van der Waals surface area contributed by atoms with Gasteiger partial charge in [0.1, 0.15) is 6.04 Å². The number of fused-ring (bicyclic) bond motifs is 1. The number of carbonyl (C=O) groups excluding carboxylic acids is 3. The number of aliphatic hydroxyl groups is 1. The molecule has 2 aromatic carbocycles. The quantitative estimate of drug-likeness (QED) is 0.218. The third-order valence-corrected chi connectivity index (χ3v) is 10.7. The maximum atomic E-state index is 14.7. The van der Waals surface area contributed by atoms with Gasteiger partial charge in [-0.2, -0.15) is 0 Å². The Morgan fingerprint density at radius 3 is 2.59 bits per heavy atom. The number of anilines is 1. The van der Waals surface area contributed by atoms with E-state index in [2.05, 4.69) is 13.2 Å². The monoisotopic (exact) mass is 594 g/mol. The zero-order chi connectivity index (χ0) is 29.1. The molecule has 216 valence electrons. The van der Waals surface area contributed by atoms with Crippen molar-refractivity contribution in [3.63, 3.8) is 0 Å². The molecule has 3 aliphatic heterocycles. The van der Waals surface area contributed by atoms with Gasteiger partial charge in [0.2, 0.25) is 5.91 Å². The molecule has 2 unspecified atom stereocenters. The van der Waals surface area contributed by atoms with E-state index in [0.29, 0.717) is 36.4 Å². The van der Waals surface area contributed by atoms with E-state index in [1.54, 1.807) is 58.0 Å². The molecule has 3 heterocycles. The lowest BCUT2D eigenvalue weighted by atomic mass is 9.71. The topological polar surface area (TPSA) is 87.1 Å². The van der Waals surface area contributed by atoms with Crippen LogP contribution in [0.1, 0.15) is 24.8 Å². The first-order valence-electron chi connectivity index (χ1n) is 14.0. The van der Waals surface area contributed by atoms with E-state index in [0.717, 1.165) is 5.56 Å². The molecule has 0 aromatic heterocycles. The van der Waals surface area contributed by atoms with Crippen molar-refractivity contribution < 1.29 is 24.2 Å². The molecule has 7 nitrogen and oxygen atoms in total. The third kappa shape index (κ3) is 5.22. The number of para-hydroxylation sites is 1. The first kappa shape index (κ1) is 29.4. The van der Waals surface area contributed by atoms with Gasteiger partial charge < -0.3 is 19.6 Å². The van der Waals surface area contributed by atoms with Crippen LogP contribution in [0.15, 0.2) is 79.9 Å². The zero-order valence-corrected chi connectivity index (χ0v) is 24.4. The van der Waals surface area contributed by atoms with Crippen LogP contribution in [-0.4, -0.2) is 69.6 Å². The van der Waals surface area contributed by atoms with Crippen LogP contribution in [-0.2, 0) is 25.5 Å². The average Bonchev–Trinajstić information content (AvgIpc) is 3.63. The number of carbonyl (C=O) groups is 3. The number of benzene rings is 2. The molecule has 9 heteroatoms. The minimum atomic E-state index is -0.905. The number of rotatable bonds is 12. The van der Waals surface area contributed by atoms with E-state index in [1.807, 2.05) is 30.3 Å². The number of nitrogens with zero attached hydrogens (tertiary/aromatic N) is 2. The summed E-state index contributed by atoms with van der Waals surface area (Å²) < 4.78 is 4.76. The zero-order valence-electron chi connectivity index (χ0n) is 22.9. The van der Waals surface area contributed by atoms with Gasteiger partial charge >= 0.3 is 5.97 Å². The maximum absolute atomic E-state index is 14.7. The summed E-state index contributed by atoms with van der Waals surface area (Å²) in [6.07, 6.45) is 5.50. The molecule has 5 rings (SSSR count). The Hall–Kier alpha value is -3.07. The van der Waals surface area contributed by atoms with E-state index in [9.17, 15) is 19.5 Å². The molecule has 41 heavy (non-hydrogen) atoms. The SMILES string of the molecule is C=CCCOC(=O)[C@@H]1[C@H]2C(=O)N([C@@H](CO)Cc3ccccc3)C(C(=O)N(CC=C)c3ccccc3Cl)C23CC[C@H]1S3. The molecule has 0 aliphatic carbocycles. The van der Waals surface area contributed by atoms with Crippen molar-refractivity contribution in [3.05, 3.63) is 90.5 Å². The van der Waals surface area contributed by atoms with Crippen molar-refractivity contribution in [1.82, 2.24) is 4.90 Å². The highest BCUT2D eigenvalue weighted by molar-refractivity contribution is 8.02. The summed E-state index contributed by atoms with van der Waals surface area (Å²) in [5.74, 6) is -2.37. The third-order valence-electron chi connectivity index (χ3n) is 8.45. The molecule has 0 radical (unpaired) electrons. The second-order valence-corrected chi connectivity index (χ2v) is 12.8. The molecule has 6 atom stereocenters. The summed E-state index contributed by atoms with van der Waals surface area (Å²) in [5, 5.41) is 10.9. The molecule has 3 aliphatic rings. The molecule has 2 bridgehead atoms. The van der Waals surface area contributed by atoms with Crippen LogP contribution < -0.4 is 4.90 Å². The minimum Gasteiger partial charge on any atom is -0.465 e. The summed E-state index contributed by atoms with van der Waals surface area (Å²) in [6.45, 7) is 7.60. The standard InChI is InChI=1S/C32H35ClN2O5S/c1-3-5-18-40-31(39)26-25-15-16-32(41-25)27(26)29(37)35(22(20-36)19-21-11-7-6-8-12-21)28(32)30(38)34(17-4-2)24-14-10-9-13-23(24)33/h3-4,6-14,22,25-28,36H,1-2,5,15-20H2/t22-,25-,26+,27+,28?,32?/m1/s1. The minimum absolute atomic E-state index is 0.118. The summed E-state index contributed by atoms with van der Waals surface area (Å²) in [5.41, 5.74) is 1.46. The van der Waals surface area contributed by atoms with Gasteiger partial charge in [-0.15, -0.1) is 24.9 Å². The first-order valence-corrected chi connectivity index (χ1v) is 15.2. The van der Waals surface area contributed by atoms with Gasteiger partial charge in [0.05, 0.1) is 46.5 Å². The predicted molar refractivity (Wildman–Crippen MR) is 162 cm³/mol. The van der Waals surface area contributed by atoms with Crippen LogP contribution >= 0.6 is 23.4 Å². The van der Waals surface area contributed by atoms with Gasteiger partial charge in [0, 0.05) is 11.8 Å². The van der Waals surface area contributed by atoms with Crippen LogP contribution in [0.25, 0.3) is 0 Å². The fraction of sp³-hybridized carbons (Fsp3) is 0.406. The van der Waals surface area contributed by atoms with Crippen LogP contribution in [0.3, 0.4) is 0 Å². The molecule has 1 spiro atoms. The van der Waals surface area contributed by atoms with E-state index >= 15 is 0 Å². The van der Waals surface area contributed by atoms with Crippen LogP contribution in [0.5, 0.6) is 0 Å². The Morgan fingerprint density at radius 1 is 1.17 bits per heavy atom. The highest BCUT2D eigenvalue weighted by atomic mass is 35.5. The lowest BCUT2D eigenvalue weighted by Crippen LogP contribution is -2.58. The molecule has 1 N–H and O–H groups in total. The van der Waals surface area contributed by atoms with Crippen molar-refractivity contribution in [2.75, 3.05) is 24.7 Å². The number of thioether (sulfide) groups is 1. The molecular formula is C32H35ClN2O5S. The fourth-order valence-corrected chi connectivity index (χ4v) is 9.19. The van der Waals surface area contributed by atoms with Crippen LogP contribution in [0.2, 0.25) is 5.02 Å². The number of hydrogen-bond acceptors (Lipinski definition) is 6. The van der Waals surface area contributed by atoms with Gasteiger partial charge in [0.15, 0.2) is 0 Å². The number of amides is 2. The Kier molecular flexibility index (Phi) is 8.92. The van der Waals surface area contributed by atoms with Crippen molar-refractivity contribution in [2.45, 2.75) is 47.8 Å². The summed E-state index contributed by atoms with van der Waals surface area (Å²) in [4.78, 5) is 45.7. The first-order chi connectivity index (χ1) is 19.9. The van der Waals surface area contributed by atoms with Gasteiger partial charge in [0.25, 0.3) is 5.91 Å². The summed E-state index contributed by atoms with van der Waals surface area (Å²) in [6, 6.07) is 15.1. The van der Waals surface area contributed by atoms with E-state index in [1.165, 1.54) is 0 Å². The molecular weight excluding hydrogens is 560 g/mol. The van der Waals surface area contributed by atoms with Gasteiger partial charge in [-0.25, -0.2) is 0 Å². The van der Waals surface area contributed by atoms with Crippen molar-refractivity contribution >= 4 is 46.8 Å². The van der Waals surface area contributed by atoms with Crippen LogP contribution in [0.4, 0.5) is 5.69 Å². The van der Waals surface area contributed by atoms with Crippen molar-refractivity contribution in [2.24, 2.45) is 11.8 Å². The second kappa shape index (κ2) is 12.4. The summed E-state index contributed by atoms with van der Waals surface area (Å²) >= 11 is 8.13. The number of hydrogen-bond donors (Lipinski definition) is 1. The lowest BCUT2D eigenvalue weighted by molar-refractivity contribution is -0.154. The average molecular weight is 595 g/mol. The largest absolute Gasteiger partial charge is 0.465 e. The lowest BCUT2D eigenvalue weighted by Gasteiger charge is -2.39. The Morgan fingerprint density at radius 2 is 1.90 bits per heavy atom. The number of esters is 1. The van der Waals surface area contributed by atoms with Gasteiger partial charge in [-0.05, 0) is 43.4 Å². The molecule has 2 amide bonds. The highest BCUT2D eigenvalue weighted by Crippen LogP contribution is 2.67. The highest BCUT2D eigenvalue weighted by Gasteiger charge is 2.74. The Balaban J connectivity index is 1.58. The van der Waals surface area contributed by atoms with Crippen molar-refractivity contribution in [3.8, 4) is 0 Å². The van der Waals surface area contributed by atoms with Crippen molar-refractivity contribution in [1.29, 1.82) is 0 Å². The van der Waals surface area contributed by atoms with Gasteiger partial charge in [-0.1, -0.05) is 66.2 Å². The Bertz CT molecular complexity index is 1320. The number of likely N-dealkylation sites (tertiary alicyclic amines) is 1. The molecule has 3 saturated heterocycles. The molecule has 3 fully saturated rings. The van der Waals surface area contributed by atoms with E-state index in [4.69, 9.17) is 16.3 Å². The number of halogens is 1. The smallest absolute Gasteiger partial charge is 0.310 e. The van der Waals surface area contributed by atoms with Crippen LogP contribution in [0, 0.1) is 11.8 Å². The summed E-state index contributed by atoms with van der Waals surface area (Å²) in [7, 11) is 0. The predicted octanol–water partition coefficient (Wildman–Crippen LogP) is 4.67. The Labute approximate surface area is 250 Å². The molecule has 2 aromatic rings. The molecule has 0 saturated carbocycles. The van der Waals surface area contributed by atoms with E-state index in [-0.39, 0.29) is 36.8 Å². The fourth-order valence-electron chi connectivity index (χ4n) is 6.76. The number of ether oxygens (including phenoxy) is 1. The normalized spacial score (nSPS) is 26.9. The van der Waals surface area contributed by atoms with Gasteiger partial charge in [-0.3, -0.25) is 14.4 Å². The maximum Gasteiger partial charge on any atom is 0.310 e. The van der Waals surface area contributed by atoms with E-state index < -0.39 is 34.6 Å².